The minimum Gasteiger partial charge on any atom is -0.366 e. The fraction of sp³-hybridized carbons (Fsp3) is 0.429. The van der Waals surface area contributed by atoms with Gasteiger partial charge in [0.05, 0.1) is 36.9 Å². The quantitative estimate of drug-likeness (QED) is 0.683. The van der Waals surface area contributed by atoms with E-state index < -0.39 is 0 Å². The van der Waals surface area contributed by atoms with Crippen molar-refractivity contribution in [3.8, 4) is 0 Å². The Morgan fingerprint density at radius 1 is 1.38 bits per heavy atom. The molecule has 1 aliphatic heterocycles. The summed E-state index contributed by atoms with van der Waals surface area (Å²) < 4.78 is 0. The molecule has 1 aromatic carbocycles. The molecule has 0 radical (unpaired) electrons. The first-order valence-corrected chi connectivity index (χ1v) is 7.73. The summed E-state index contributed by atoms with van der Waals surface area (Å²) >= 11 is 11.2. The monoisotopic (exact) mass is 327 g/mol. The van der Waals surface area contributed by atoms with Crippen molar-refractivity contribution in [3.05, 3.63) is 29.3 Å². The van der Waals surface area contributed by atoms with Gasteiger partial charge in [-0.2, -0.15) is 0 Å². The molecular weight excluding hydrogens is 308 g/mol. The Bertz CT molecular complexity index is 517. The van der Waals surface area contributed by atoms with Crippen LogP contribution in [0, 0.1) is 0 Å². The van der Waals surface area contributed by atoms with Crippen LogP contribution in [0.25, 0.3) is 0 Å². The zero-order valence-electron chi connectivity index (χ0n) is 12.0. The van der Waals surface area contributed by atoms with Crippen molar-refractivity contribution in [2.24, 2.45) is 0 Å². The second-order valence-electron chi connectivity index (χ2n) is 5.00. The molecule has 3 N–H and O–H groups in total. The summed E-state index contributed by atoms with van der Waals surface area (Å²) in [6.45, 7) is 3.99. The van der Waals surface area contributed by atoms with Gasteiger partial charge in [-0.25, -0.2) is 0 Å². The molecule has 1 amide bonds. The van der Waals surface area contributed by atoms with Crippen LogP contribution in [0.2, 0.25) is 5.02 Å². The SMILES string of the molecule is CNC(=S)N1CC[NH+](CC(=O)Nc2ccccc2Cl)CC1. The first kappa shape index (κ1) is 16.0. The van der Waals surface area contributed by atoms with Crippen LogP contribution < -0.4 is 15.5 Å². The molecule has 5 nitrogen and oxygen atoms in total. The summed E-state index contributed by atoms with van der Waals surface area (Å²) in [5, 5.41) is 7.18. The molecule has 21 heavy (non-hydrogen) atoms. The van der Waals surface area contributed by atoms with E-state index >= 15 is 0 Å². The lowest BCUT2D eigenvalue weighted by molar-refractivity contribution is -0.895. The van der Waals surface area contributed by atoms with Crippen LogP contribution >= 0.6 is 23.8 Å². The average molecular weight is 328 g/mol. The first-order chi connectivity index (χ1) is 10.1. The molecule has 1 heterocycles. The maximum absolute atomic E-state index is 12.1. The van der Waals surface area contributed by atoms with Crippen LogP contribution in [0.4, 0.5) is 5.69 Å². The normalized spacial score (nSPS) is 15.6. The fourth-order valence-corrected chi connectivity index (χ4v) is 2.71. The first-order valence-electron chi connectivity index (χ1n) is 6.94. The predicted octanol–water partition coefficient (Wildman–Crippen LogP) is -0.0167. The average Bonchev–Trinajstić information content (AvgIpc) is 2.49. The predicted molar refractivity (Wildman–Crippen MR) is 88.9 cm³/mol. The number of nitrogens with zero attached hydrogens (tertiary/aromatic N) is 1. The highest BCUT2D eigenvalue weighted by atomic mass is 35.5. The number of benzene rings is 1. The Hall–Kier alpha value is -1.37. The van der Waals surface area contributed by atoms with Gasteiger partial charge in [0.2, 0.25) is 0 Å². The number of piperazine rings is 1. The van der Waals surface area contributed by atoms with Crippen molar-refractivity contribution >= 4 is 40.5 Å². The Kier molecular flexibility index (Phi) is 5.78. The molecule has 1 aliphatic rings. The van der Waals surface area contributed by atoms with Gasteiger partial charge in [-0.05, 0) is 24.4 Å². The number of thiocarbonyl (C=S) groups is 1. The highest BCUT2D eigenvalue weighted by Crippen LogP contribution is 2.19. The molecule has 7 heteroatoms. The molecule has 1 aromatic rings. The number of anilines is 1. The maximum atomic E-state index is 12.1. The number of para-hydroxylation sites is 1. The Morgan fingerprint density at radius 3 is 2.67 bits per heavy atom. The lowest BCUT2D eigenvalue weighted by Gasteiger charge is -2.33. The Balaban J connectivity index is 1.80. The standard InChI is InChI=1S/C14H19ClN4OS/c1-16-14(21)19-8-6-18(7-9-19)10-13(20)17-12-5-3-2-4-11(12)15/h2-5H,6-10H2,1H3,(H,16,21)(H,17,20)/p+1. The van der Waals surface area contributed by atoms with Gasteiger partial charge in [-0.3, -0.25) is 4.79 Å². The van der Waals surface area contributed by atoms with Gasteiger partial charge in [-0.15, -0.1) is 0 Å². The van der Waals surface area contributed by atoms with Gasteiger partial charge in [0.25, 0.3) is 5.91 Å². The third-order valence-electron chi connectivity index (χ3n) is 3.53. The van der Waals surface area contributed by atoms with E-state index in [0.29, 0.717) is 17.3 Å². The van der Waals surface area contributed by atoms with E-state index in [2.05, 4.69) is 15.5 Å². The van der Waals surface area contributed by atoms with Crippen molar-refractivity contribution in [3.63, 3.8) is 0 Å². The number of carbonyl (C=O) groups is 1. The molecule has 114 valence electrons. The molecule has 0 aliphatic carbocycles. The van der Waals surface area contributed by atoms with Gasteiger partial charge in [0.15, 0.2) is 11.7 Å². The van der Waals surface area contributed by atoms with E-state index in [1.807, 2.05) is 19.2 Å². The van der Waals surface area contributed by atoms with Crippen LogP contribution in [0.5, 0.6) is 0 Å². The second-order valence-corrected chi connectivity index (χ2v) is 5.79. The number of hydrogen-bond acceptors (Lipinski definition) is 2. The fourth-order valence-electron chi connectivity index (χ4n) is 2.34. The van der Waals surface area contributed by atoms with Gasteiger partial charge < -0.3 is 20.4 Å². The van der Waals surface area contributed by atoms with Crippen LogP contribution in [0.1, 0.15) is 0 Å². The second kappa shape index (κ2) is 7.59. The molecule has 0 spiro atoms. The van der Waals surface area contributed by atoms with Crippen molar-refractivity contribution in [2.75, 3.05) is 45.1 Å². The maximum Gasteiger partial charge on any atom is 0.279 e. The van der Waals surface area contributed by atoms with Crippen LogP contribution in [-0.2, 0) is 4.79 Å². The summed E-state index contributed by atoms with van der Waals surface area (Å²) in [7, 11) is 1.83. The highest BCUT2D eigenvalue weighted by Gasteiger charge is 2.23. The number of quaternary nitrogens is 1. The summed E-state index contributed by atoms with van der Waals surface area (Å²) in [5.41, 5.74) is 0.665. The Labute approximate surface area is 135 Å². The summed E-state index contributed by atoms with van der Waals surface area (Å²) in [5.74, 6) is -0.0113. The van der Waals surface area contributed by atoms with Crippen molar-refractivity contribution in [1.29, 1.82) is 0 Å². The van der Waals surface area contributed by atoms with Gasteiger partial charge >= 0.3 is 0 Å². The molecule has 0 saturated carbocycles. The Morgan fingerprint density at radius 2 is 2.05 bits per heavy atom. The number of halogens is 1. The lowest BCUT2D eigenvalue weighted by atomic mass is 10.3. The van der Waals surface area contributed by atoms with Gasteiger partial charge in [0.1, 0.15) is 0 Å². The lowest BCUT2D eigenvalue weighted by Crippen LogP contribution is -3.15. The molecule has 1 fully saturated rings. The minimum atomic E-state index is -0.0113. The number of amides is 1. The number of rotatable bonds is 3. The summed E-state index contributed by atoms with van der Waals surface area (Å²) in [6, 6.07) is 7.26. The van der Waals surface area contributed by atoms with E-state index in [1.165, 1.54) is 4.90 Å². The molecule has 2 rings (SSSR count). The zero-order chi connectivity index (χ0) is 15.2. The van der Waals surface area contributed by atoms with Crippen molar-refractivity contribution in [1.82, 2.24) is 10.2 Å². The molecule has 1 saturated heterocycles. The highest BCUT2D eigenvalue weighted by molar-refractivity contribution is 7.80. The smallest absolute Gasteiger partial charge is 0.279 e. The van der Waals surface area contributed by atoms with Crippen molar-refractivity contribution in [2.45, 2.75) is 0 Å². The zero-order valence-corrected chi connectivity index (χ0v) is 13.6. The number of nitrogens with one attached hydrogen (secondary N) is 3. The summed E-state index contributed by atoms with van der Waals surface area (Å²) in [6.07, 6.45) is 0. The van der Waals surface area contributed by atoms with Gasteiger partial charge in [-0.1, -0.05) is 23.7 Å². The third-order valence-corrected chi connectivity index (χ3v) is 4.32. The van der Waals surface area contributed by atoms with Crippen LogP contribution in [0.3, 0.4) is 0 Å². The van der Waals surface area contributed by atoms with E-state index in [9.17, 15) is 4.79 Å². The number of hydrogen-bond donors (Lipinski definition) is 3. The molecule has 0 bridgehead atoms. The van der Waals surface area contributed by atoms with Gasteiger partial charge in [0, 0.05) is 7.05 Å². The minimum absolute atomic E-state index is 0.0113. The number of carbonyl (C=O) groups excluding carboxylic acids is 1. The molecule has 0 unspecified atom stereocenters. The molecule has 0 aromatic heterocycles. The molecular formula is C14H20ClN4OS+. The third kappa shape index (κ3) is 4.56. The van der Waals surface area contributed by atoms with Crippen LogP contribution in [-0.4, -0.2) is 55.7 Å². The van der Waals surface area contributed by atoms with E-state index in [1.54, 1.807) is 12.1 Å². The topological polar surface area (TPSA) is 48.8 Å². The molecule has 0 atom stereocenters. The van der Waals surface area contributed by atoms with E-state index in [-0.39, 0.29) is 5.91 Å². The largest absolute Gasteiger partial charge is 0.366 e. The van der Waals surface area contributed by atoms with Crippen LogP contribution in [0.15, 0.2) is 24.3 Å². The van der Waals surface area contributed by atoms with E-state index in [0.717, 1.165) is 31.3 Å². The summed E-state index contributed by atoms with van der Waals surface area (Å²) in [4.78, 5) is 15.5. The van der Waals surface area contributed by atoms with E-state index in [4.69, 9.17) is 23.8 Å². The van der Waals surface area contributed by atoms with Crippen molar-refractivity contribution < 1.29 is 9.69 Å².